The van der Waals surface area contributed by atoms with Gasteiger partial charge in [-0.15, -0.1) is 0 Å². The van der Waals surface area contributed by atoms with Crippen LogP contribution in [0.3, 0.4) is 0 Å². The molecule has 4 aliphatic rings. The summed E-state index contributed by atoms with van der Waals surface area (Å²) in [5.74, 6) is 4.26. The number of amides is 1. The third-order valence-electron chi connectivity index (χ3n) is 7.12. The van der Waals surface area contributed by atoms with E-state index in [0.717, 1.165) is 48.7 Å². The molecule has 6 rings (SSSR count). The largest absolute Gasteiger partial charge is 0.489 e. The molecule has 0 bridgehead atoms. The van der Waals surface area contributed by atoms with E-state index in [1.807, 2.05) is 24.3 Å². The number of ketones is 1. The molecule has 1 saturated heterocycles. The molecule has 1 aromatic heterocycles. The Bertz CT molecular complexity index is 1080. The molecule has 4 heterocycles. The molecular formula is C25H26N2O5. The molecule has 2 fully saturated rings. The molecule has 3 atom stereocenters. The van der Waals surface area contributed by atoms with E-state index >= 15 is 0 Å². The zero-order valence-corrected chi connectivity index (χ0v) is 17.8. The second-order valence-corrected chi connectivity index (χ2v) is 9.26. The van der Waals surface area contributed by atoms with Crippen molar-refractivity contribution < 1.29 is 23.8 Å². The minimum atomic E-state index is -0.0194. The Balaban J connectivity index is 1.13. The Morgan fingerprint density at radius 2 is 2.03 bits per heavy atom. The highest BCUT2D eigenvalue weighted by Gasteiger charge is 2.59. The maximum Gasteiger partial charge on any atom is 0.225 e. The van der Waals surface area contributed by atoms with Crippen LogP contribution in [0.4, 0.5) is 5.82 Å². The predicted octanol–water partition coefficient (Wildman–Crippen LogP) is 4.01. The number of nitrogens with one attached hydrogen (secondary N) is 1. The van der Waals surface area contributed by atoms with E-state index in [1.54, 1.807) is 6.20 Å². The van der Waals surface area contributed by atoms with Crippen LogP contribution in [0.5, 0.6) is 17.2 Å². The third kappa shape index (κ3) is 3.64. The highest BCUT2D eigenvalue weighted by Crippen LogP contribution is 2.60. The monoisotopic (exact) mass is 434 g/mol. The molecule has 32 heavy (non-hydrogen) atoms. The first kappa shape index (κ1) is 19.7. The van der Waals surface area contributed by atoms with Gasteiger partial charge in [-0.3, -0.25) is 9.59 Å². The second-order valence-electron chi connectivity index (χ2n) is 9.26. The van der Waals surface area contributed by atoms with Crippen molar-refractivity contribution >= 4 is 17.5 Å². The minimum absolute atomic E-state index is 0.0194. The fourth-order valence-corrected chi connectivity index (χ4v) is 5.36. The minimum Gasteiger partial charge on any atom is -0.489 e. The normalized spacial score (nSPS) is 25.8. The van der Waals surface area contributed by atoms with Crippen molar-refractivity contribution in [3.05, 3.63) is 41.6 Å². The molecule has 166 valence electrons. The molecule has 0 radical (unpaired) electrons. The number of hydrogen-bond acceptors (Lipinski definition) is 6. The van der Waals surface area contributed by atoms with Gasteiger partial charge < -0.3 is 19.5 Å². The van der Waals surface area contributed by atoms with Crippen LogP contribution in [0.1, 0.15) is 49.1 Å². The number of carbonyl (C=O) groups is 2. The van der Waals surface area contributed by atoms with E-state index in [4.69, 9.17) is 14.2 Å². The van der Waals surface area contributed by atoms with Gasteiger partial charge in [0.15, 0.2) is 0 Å². The van der Waals surface area contributed by atoms with E-state index in [-0.39, 0.29) is 23.8 Å². The predicted molar refractivity (Wildman–Crippen MR) is 116 cm³/mol. The van der Waals surface area contributed by atoms with Gasteiger partial charge in [-0.05, 0) is 49.4 Å². The number of pyridine rings is 1. The van der Waals surface area contributed by atoms with Crippen LogP contribution in [0.25, 0.3) is 0 Å². The van der Waals surface area contributed by atoms with E-state index in [1.165, 1.54) is 0 Å². The Hall–Kier alpha value is -2.93. The summed E-state index contributed by atoms with van der Waals surface area (Å²) in [5, 5.41) is 2.81. The smallest absolute Gasteiger partial charge is 0.225 e. The summed E-state index contributed by atoms with van der Waals surface area (Å²) in [5.41, 5.74) is 2.05. The average molecular weight is 434 g/mol. The van der Waals surface area contributed by atoms with E-state index in [0.29, 0.717) is 49.0 Å². The summed E-state index contributed by atoms with van der Waals surface area (Å²) in [4.78, 5) is 28.5. The molecule has 1 amide bonds. The van der Waals surface area contributed by atoms with Crippen molar-refractivity contribution in [2.75, 3.05) is 18.5 Å². The van der Waals surface area contributed by atoms with Gasteiger partial charge in [0.05, 0.1) is 0 Å². The van der Waals surface area contributed by atoms with Gasteiger partial charge >= 0.3 is 0 Å². The Morgan fingerprint density at radius 3 is 2.91 bits per heavy atom. The fourth-order valence-electron chi connectivity index (χ4n) is 5.36. The van der Waals surface area contributed by atoms with Gasteiger partial charge in [0.1, 0.15) is 35.0 Å². The van der Waals surface area contributed by atoms with Gasteiger partial charge in [0.2, 0.25) is 5.91 Å². The number of rotatable bonds is 6. The van der Waals surface area contributed by atoms with Crippen molar-refractivity contribution in [1.82, 2.24) is 4.98 Å². The molecule has 7 nitrogen and oxygen atoms in total. The van der Waals surface area contributed by atoms with Crippen LogP contribution in [0, 0.1) is 11.8 Å². The number of benzene rings is 1. The van der Waals surface area contributed by atoms with Crippen molar-refractivity contribution in [3.63, 3.8) is 0 Å². The van der Waals surface area contributed by atoms with Gasteiger partial charge in [-0.25, -0.2) is 4.98 Å². The molecule has 0 spiro atoms. The molecular weight excluding hydrogens is 408 g/mol. The van der Waals surface area contributed by atoms with Gasteiger partial charge in [0, 0.05) is 61.6 Å². The van der Waals surface area contributed by atoms with Crippen molar-refractivity contribution in [2.45, 2.75) is 50.5 Å². The lowest BCUT2D eigenvalue weighted by Gasteiger charge is -2.21. The lowest BCUT2D eigenvalue weighted by Crippen LogP contribution is -2.20. The summed E-state index contributed by atoms with van der Waals surface area (Å²) >= 11 is 0. The van der Waals surface area contributed by atoms with Crippen LogP contribution in [-0.2, 0) is 20.7 Å². The fraction of sp³-hybridized carbons (Fsp3) is 0.480. The molecule has 7 heteroatoms. The zero-order valence-electron chi connectivity index (χ0n) is 17.8. The highest BCUT2D eigenvalue weighted by atomic mass is 16.5. The number of carbonyl (C=O) groups excluding carboxylic acids is 2. The van der Waals surface area contributed by atoms with Gasteiger partial charge in [0.25, 0.3) is 0 Å². The molecule has 1 N–H and O–H groups in total. The third-order valence-corrected chi connectivity index (χ3v) is 7.12. The number of fused-ring (bicyclic) bond motifs is 4. The SMILES string of the molecule is O=C(CC1CCOCC1)C[C@@H]1[C@H]2Oc3ccc(Oc4ccnc5c4CCC(=O)N5)cc3[C@@H]12. The highest BCUT2D eigenvalue weighted by molar-refractivity contribution is 5.93. The zero-order chi connectivity index (χ0) is 21.7. The maximum atomic E-state index is 12.6. The molecule has 1 aromatic carbocycles. The summed E-state index contributed by atoms with van der Waals surface area (Å²) in [6, 6.07) is 7.73. The van der Waals surface area contributed by atoms with Crippen LogP contribution >= 0.6 is 0 Å². The first-order valence-electron chi connectivity index (χ1n) is 11.5. The molecule has 2 aromatic rings. The average Bonchev–Trinajstić information content (AvgIpc) is 3.30. The first-order chi connectivity index (χ1) is 15.7. The number of ether oxygens (including phenoxy) is 3. The van der Waals surface area contributed by atoms with Crippen molar-refractivity contribution in [2.24, 2.45) is 11.8 Å². The first-order valence-corrected chi connectivity index (χ1v) is 11.5. The van der Waals surface area contributed by atoms with E-state index < -0.39 is 0 Å². The summed E-state index contributed by atoms with van der Waals surface area (Å²) < 4.78 is 17.7. The van der Waals surface area contributed by atoms with Crippen LogP contribution in [0.2, 0.25) is 0 Å². The van der Waals surface area contributed by atoms with Gasteiger partial charge in [-0.1, -0.05) is 0 Å². The number of nitrogens with zero attached hydrogens (tertiary/aromatic N) is 1. The van der Waals surface area contributed by atoms with E-state index in [9.17, 15) is 9.59 Å². The molecule has 3 aliphatic heterocycles. The number of anilines is 1. The molecule has 0 unspecified atom stereocenters. The molecule has 1 saturated carbocycles. The number of aromatic nitrogens is 1. The summed E-state index contributed by atoms with van der Waals surface area (Å²) in [7, 11) is 0. The summed E-state index contributed by atoms with van der Waals surface area (Å²) in [6.07, 6.45) is 6.04. The Kier molecular flexibility index (Phi) is 4.86. The summed E-state index contributed by atoms with van der Waals surface area (Å²) in [6.45, 7) is 1.55. The standard InChI is InChI=1S/C25H26N2O5/c28-15(11-14-6-9-30-10-7-14)12-19-23-18-13-16(1-3-20(18)32-24(19)23)31-21-5-8-26-25-17(21)2-4-22(29)27-25/h1,3,5,8,13-14,19,23-24H,2,4,6-7,9-12H2,(H,26,27,29)/t19-,23-,24+/m0/s1. The lowest BCUT2D eigenvalue weighted by atomic mass is 9.92. The maximum absolute atomic E-state index is 12.6. The number of hydrogen-bond donors (Lipinski definition) is 1. The van der Waals surface area contributed by atoms with Gasteiger partial charge in [-0.2, -0.15) is 0 Å². The van der Waals surface area contributed by atoms with E-state index in [2.05, 4.69) is 10.3 Å². The van der Waals surface area contributed by atoms with Crippen molar-refractivity contribution in [1.29, 1.82) is 0 Å². The Labute approximate surface area is 186 Å². The van der Waals surface area contributed by atoms with Crippen LogP contribution in [0.15, 0.2) is 30.5 Å². The quantitative estimate of drug-likeness (QED) is 0.739. The van der Waals surface area contributed by atoms with Crippen LogP contribution < -0.4 is 14.8 Å². The second kappa shape index (κ2) is 7.89. The lowest BCUT2D eigenvalue weighted by molar-refractivity contribution is -0.121. The Morgan fingerprint density at radius 1 is 1.16 bits per heavy atom. The molecule has 1 aliphatic carbocycles. The number of Topliss-reactive ketones (excluding diaryl/α,β-unsaturated/α-hetero) is 1. The van der Waals surface area contributed by atoms with Crippen LogP contribution in [-0.4, -0.2) is 36.0 Å². The topological polar surface area (TPSA) is 86.8 Å². The van der Waals surface area contributed by atoms with Crippen molar-refractivity contribution in [3.8, 4) is 17.2 Å².